The Balaban J connectivity index is 1.34. The summed E-state index contributed by atoms with van der Waals surface area (Å²) in [6, 6.07) is 10.5. The molecule has 0 amide bonds. The van der Waals surface area contributed by atoms with Gasteiger partial charge in [0, 0.05) is 56.9 Å². The zero-order valence-electron chi connectivity index (χ0n) is 18.2. The molecule has 0 atom stereocenters. The van der Waals surface area contributed by atoms with Crippen LogP contribution in [0.3, 0.4) is 0 Å². The van der Waals surface area contributed by atoms with Gasteiger partial charge in [-0.15, -0.1) is 0 Å². The van der Waals surface area contributed by atoms with E-state index >= 15 is 0 Å². The fourth-order valence-corrected chi connectivity index (χ4v) is 4.21. The molecule has 2 heterocycles. The lowest BCUT2D eigenvalue weighted by atomic mass is 9.91. The molecule has 0 spiro atoms. The lowest BCUT2D eigenvalue weighted by molar-refractivity contribution is -0.384. The van der Waals surface area contributed by atoms with Crippen LogP contribution in [-0.4, -0.2) is 45.6 Å². The van der Waals surface area contributed by atoms with Gasteiger partial charge in [-0.1, -0.05) is 12.1 Å². The monoisotopic (exact) mass is 423 g/mol. The molecule has 0 aliphatic heterocycles. The van der Waals surface area contributed by atoms with Gasteiger partial charge in [0.1, 0.15) is 5.82 Å². The number of fused-ring (bicyclic) bond motifs is 1. The Morgan fingerprint density at radius 2 is 1.87 bits per heavy atom. The van der Waals surface area contributed by atoms with Crippen LogP contribution in [0.15, 0.2) is 36.5 Å². The number of nitrogens with one attached hydrogen (secondary N) is 2. The molecular formula is C22H29N7O2. The molecule has 4 rings (SSSR count). The second-order valence-corrected chi connectivity index (χ2v) is 8.41. The summed E-state index contributed by atoms with van der Waals surface area (Å²) in [5.74, 6) is 1.59. The third kappa shape index (κ3) is 4.77. The van der Waals surface area contributed by atoms with Crippen molar-refractivity contribution >= 4 is 28.4 Å². The molecule has 1 aromatic carbocycles. The maximum atomic E-state index is 10.9. The number of benzene rings is 1. The quantitative estimate of drug-likeness (QED) is 0.443. The molecule has 2 aromatic heterocycles. The van der Waals surface area contributed by atoms with Crippen LogP contribution in [0.5, 0.6) is 0 Å². The van der Waals surface area contributed by atoms with E-state index in [0.29, 0.717) is 24.6 Å². The molecule has 0 unspecified atom stereocenters. The first-order valence-corrected chi connectivity index (χ1v) is 10.6. The van der Waals surface area contributed by atoms with Crippen molar-refractivity contribution in [3.8, 4) is 0 Å². The summed E-state index contributed by atoms with van der Waals surface area (Å²) < 4.78 is 1.82. The minimum Gasteiger partial charge on any atom is -0.362 e. The van der Waals surface area contributed by atoms with Crippen molar-refractivity contribution in [3.05, 3.63) is 52.3 Å². The van der Waals surface area contributed by atoms with Gasteiger partial charge in [0.05, 0.1) is 16.6 Å². The number of nitro groups is 1. The molecule has 2 N–H and O–H groups in total. The Morgan fingerprint density at radius 1 is 1.16 bits per heavy atom. The lowest BCUT2D eigenvalue weighted by Gasteiger charge is -2.30. The van der Waals surface area contributed by atoms with Gasteiger partial charge in [-0.25, -0.2) is 4.98 Å². The number of hydrogen-bond acceptors (Lipinski definition) is 7. The molecule has 1 saturated carbocycles. The average Bonchev–Trinajstić information content (AvgIpc) is 3.13. The third-order valence-electron chi connectivity index (χ3n) is 5.94. The van der Waals surface area contributed by atoms with E-state index in [0.717, 1.165) is 48.1 Å². The van der Waals surface area contributed by atoms with Crippen molar-refractivity contribution in [1.82, 2.24) is 19.9 Å². The molecule has 0 bridgehead atoms. The van der Waals surface area contributed by atoms with E-state index < -0.39 is 0 Å². The maximum Gasteiger partial charge on any atom is 0.287 e. The Morgan fingerprint density at radius 3 is 2.55 bits per heavy atom. The SMILES string of the molecule is CN(C)c1nc(N[C@H]2CC[C@@H](NCc3cc([N+](=O)[O-])cn3C)CC2)nc2ccccc12. The summed E-state index contributed by atoms with van der Waals surface area (Å²) >= 11 is 0. The number of aromatic nitrogens is 3. The molecule has 31 heavy (non-hydrogen) atoms. The van der Waals surface area contributed by atoms with E-state index in [1.807, 2.05) is 54.9 Å². The van der Waals surface area contributed by atoms with Gasteiger partial charge in [0.15, 0.2) is 0 Å². The number of hydrogen-bond donors (Lipinski definition) is 2. The maximum absolute atomic E-state index is 10.9. The first kappa shape index (κ1) is 21.0. The van der Waals surface area contributed by atoms with E-state index in [1.165, 1.54) is 0 Å². The summed E-state index contributed by atoms with van der Waals surface area (Å²) in [5.41, 5.74) is 2.00. The van der Waals surface area contributed by atoms with Crippen LogP contribution in [0.4, 0.5) is 17.5 Å². The minimum atomic E-state index is -0.350. The Bertz CT molecular complexity index is 1070. The van der Waals surface area contributed by atoms with Gasteiger partial charge in [-0.2, -0.15) is 4.98 Å². The fraction of sp³-hybridized carbons (Fsp3) is 0.455. The average molecular weight is 424 g/mol. The van der Waals surface area contributed by atoms with Crippen LogP contribution in [0, 0.1) is 10.1 Å². The predicted molar refractivity (Wildman–Crippen MR) is 122 cm³/mol. The van der Waals surface area contributed by atoms with Gasteiger partial charge in [-0.3, -0.25) is 10.1 Å². The highest BCUT2D eigenvalue weighted by atomic mass is 16.6. The Hall–Kier alpha value is -3.20. The van der Waals surface area contributed by atoms with E-state index in [1.54, 1.807) is 12.3 Å². The molecule has 3 aromatic rings. The van der Waals surface area contributed by atoms with Crippen molar-refractivity contribution in [3.63, 3.8) is 0 Å². The highest BCUT2D eigenvalue weighted by Gasteiger charge is 2.22. The van der Waals surface area contributed by atoms with Crippen LogP contribution in [0.1, 0.15) is 31.4 Å². The number of anilines is 2. The topological polar surface area (TPSA) is 101 Å². The van der Waals surface area contributed by atoms with Crippen LogP contribution < -0.4 is 15.5 Å². The fourth-order valence-electron chi connectivity index (χ4n) is 4.21. The molecule has 0 saturated heterocycles. The zero-order chi connectivity index (χ0) is 22.0. The lowest BCUT2D eigenvalue weighted by Crippen LogP contribution is -2.37. The Kier molecular flexibility index (Phi) is 6.03. The summed E-state index contributed by atoms with van der Waals surface area (Å²) in [5, 5.41) is 19.1. The van der Waals surface area contributed by atoms with E-state index in [9.17, 15) is 10.1 Å². The standard InChI is InChI=1S/C22H29N7O2/c1-27(2)21-19-6-4-5-7-20(19)25-22(26-21)24-16-10-8-15(9-11-16)23-13-17-12-18(29(30)31)14-28(17)3/h4-7,12,14-16,23H,8-11,13H2,1-3H3,(H,24,25,26)/t15-,16+. The number of rotatable bonds is 7. The first-order chi connectivity index (χ1) is 14.9. The van der Waals surface area contributed by atoms with Crippen molar-refractivity contribution < 1.29 is 4.92 Å². The molecule has 1 fully saturated rings. The van der Waals surface area contributed by atoms with Gasteiger partial charge >= 0.3 is 0 Å². The van der Waals surface area contributed by atoms with Crippen LogP contribution in [0.25, 0.3) is 10.9 Å². The molecular weight excluding hydrogens is 394 g/mol. The molecule has 1 aliphatic carbocycles. The number of aryl methyl sites for hydroxylation is 1. The molecule has 1 aliphatic rings. The number of nitrogens with zero attached hydrogens (tertiary/aromatic N) is 5. The van der Waals surface area contributed by atoms with Crippen molar-refractivity contribution in [2.45, 2.75) is 44.3 Å². The van der Waals surface area contributed by atoms with Crippen molar-refractivity contribution in [2.75, 3.05) is 24.3 Å². The Labute approximate surface area is 181 Å². The van der Waals surface area contributed by atoms with Crippen LogP contribution in [-0.2, 0) is 13.6 Å². The highest BCUT2D eigenvalue weighted by Crippen LogP contribution is 2.26. The van der Waals surface area contributed by atoms with Gasteiger partial charge < -0.3 is 20.1 Å². The minimum absolute atomic E-state index is 0.139. The van der Waals surface area contributed by atoms with Crippen molar-refractivity contribution in [2.24, 2.45) is 7.05 Å². The summed E-state index contributed by atoms with van der Waals surface area (Å²) in [4.78, 5) is 22.1. The second kappa shape index (κ2) is 8.89. The van der Waals surface area contributed by atoms with Gasteiger partial charge in [-0.05, 0) is 37.8 Å². The van der Waals surface area contributed by atoms with E-state index in [-0.39, 0.29) is 10.6 Å². The molecule has 0 radical (unpaired) electrons. The van der Waals surface area contributed by atoms with E-state index in [2.05, 4.69) is 10.6 Å². The normalized spacial score (nSPS) is 18.8. The first-order valence-electron chi connectivity index (χ1n) is 10.6. The molecule has 9 nitrogen and oxygen atoms in total. The highest BCUT2D eigenvalue weighted by molar-refractivity contribution is 5.90. The number of para-hydroxylation sites is 1. The third-order valence-corrected chi connectivity index (χ3v) is 5.94. The van der Waals surface area contributed by atoms with Crippen molar-refractivity contribution in [1.29, 1.82) is 0 Å². The largest absolute Gasteiger partial charge is 0.362 e. The summed E-state index contributed by atoms with van der Waals surface area (Å²) in [6.07, 6.45) is 5.69. The zero-order valence-corrected chi connectivity index (χ0v) is 18.2. The smallest absolute Gasteiger partial charge is 0.287 e. The summed E-state index contributed by atoms with van der Waals surface area (Å²) in [7, 11) is 5.84. The van der Waals surface area contributed by atoms with Crippen LogP contribution in [0.2, 0.25) is 0 Å². The van der Waals surface area contributed by atoms with Gasteiger partial charge in [0.25, 0.3) is 5.69 Å². The summed E-state index contributed by atoms with van der Waals surface area (Å²) in [6.45, 7) is 0.632. The molecule has 9 heteroatoms. The molecule has 164 valence electrons. The second-order valence-electron chi connectivity index (χ2n) is 8.41. The van der Waals surface area contributed by atoms with Crippen LogP contribution >= 0.6 is 0 Å². The van der Waals surface area contributed by atoms with E-state index in [4.69, 9.17) is 9.97 Å². The predicted octanol–water partition coefficient (Wildman–Crippen LogP) is 3.46. The van der Waals surface area contributed by atoms with Gasteiger partial charge in [0.2, 0.25) is 5.95 Å².